The summed E-state index contributed by atoms with van der Waals surface area (Å²) in [6, 6.07) is 11.3. The van der Waals surface area contributed by atoms with Gasteiger partial charge < -0.3 is 5.32 Å². The van der Waals surface area contributed by atoms with Crippen molar-refractivity contribution in [3.8, 4) is 0 Å². The highest BCUT2D eigenvalue weighted by atomic mass is 32.2. The molecule has 0 unspecified atom stereocenters. The highest BCUT2D eigenvalue weighted by Gasteiger charge is 2.32. The first-order valence-corrected chi connectivity index (χ1v) is 11.5. The van der Waals surface area contributed by atoms with Crippen molar-refractivity contribution in [1.29, 1.82) is 0 Å². The van der Waals surface area contributed by atoms with Gasteiger partial charge in [0.05, 0.1) is 17.0 Å². The van der Waals surface area contributed by atoms with Gasteiger partial charge in [-0.15, -0.1) is 0 Å². The van der Waals surface area contributed by atoms with Crippen LogP contribution in [0.3, 0.4) is 0 Å². The van der Waals surface area contributed by atoms with Crippen LogP contribution in [0.5, 0.6) is 0 Å². The molecule has 0 bridgehead atoms. The van der Waals surface area contributed by atoms with Gasteiger partial charge in [0.25, 0.3) is 11.5 Å². The Hall–Kier alpha value is -3.04. The first-order chi connectivity index (χ1) is 15.5. The third-order valence-corrected chi connectivity index (χ3v) is 6.37. The minimum Gasteiger partial charge on any atom is -0.369 e. The number of rotatable bonds is 7. The maximum absolute atomic E-state index is 13.2. The summed E-state index contributed by atoms with van der Waals surface area (Å²) in [7, 11) is 0. The van der Waals surface area contributed by atoms with E-state index < -0.39 is 0 Å². The average molecular weight is 469 g/mol. The number of hydrogen-bond acceptors (Lipinski definition) is 6. The molecule has 1 saturated heterocycles. The lowest BCUT2D eigenvalue weighted by atomic mass is 10.2. The smallest absolute Gasteiger partial charge is 0.267 e. The van der Waals surface area contributed by atoms with Crippen LogP contribution in [-0.2, 0) is 11.3 Å². The summed E-state index contributed by atoms with van der Waals surface area (Å²) >= 11 is 6.54. The van der Waals surface area contributed by atoms with E-state index in [2.05, 4.69) is 17.2 Å². The summed E-state index contributed by atoms with van der Waals surface area (Å²) in [5.41, 5.74) is 1.33. The lowest BCUT2D eigenvalue weighted by Gasteiger charge is -2.14. The van der Waals surface area contributed by atoms with Gasteiger partial charge in [-0.3, -0.25) is 18.9 Å². The molecule has 1 aliphatic heterocycles. The van der Waals surface area contributed by atoms with Crippen LogP contribution >= 0.6 is 24.0 Å². The van der Waals surface area contributed by atoms with Gasteiger partial charge in [-0.1, -0.05) is 55.5 Å². The van der Waals surface area contributed by atoms with Gasteiger partial charge in [-0.2, -0.15) is 0 Å². The molecular formula is C23H21FN4O2S2. The lowest BCUT2D eigenvalue weighted by Crippen LogP contribution is -2.27. The molecule has 164 valence electrons. The summed E-state index contributed by atoms with van der Waals surface area (Å²) in [6.07, 6.45) is 5.14. The molecule has 6 nitrogen and oxygen atoms in total. The van der Waals surface area contributed by atoms with E-state index in [9.17, 15) is 14.0 Å². The highest BCUT2D eigenvalue weighted by Crippen LogP contribution is 2.34. The summed E-state index contributed by atoms with van der Waals surface area (Å²) in [6.45, 7) is 2.98. The SMILES string of the molecule is CCCCNc1nc2ccccn2c(=O)c1C=C1SC(=S)N(Cc2ccc(F)cc2)C1=O. The van der Waals surface area contributed by atoms with E-state index in [1.54, 1.807) is 36.5 Å². The van der Waals surface area contributed by atoms with Crippen LogP contribution in [0, 0.1) is 5.82 Å². The number of aromatic nitrogens is 2. The largest absolute Gasteiger partial charge is 0.369 e. The van der Waals surface area contributed by atoms with E-state index in [1.807, 2.05) is 6.07 Å². The number of fused-ring (bicyclic) bond motifs is 1. The van der Waals surface area contributed by atoms with Crippen LogP contribution < -0.4 is 10.9 Å². The van der Waals surface area contributed by atoms with Crippen molar-refractivity contribution in [2.24, 2.45) is 0 Å². The summed E-state index contributed by atoms with van der Waals surface area (Å²) in [5.74, 6) is -0.189. The third-order valence-electron chi connectivity index (χ3n) is 4.99. The van der Waals surface area contributed by atoms with E-state index in [0.29, 0.717) is 32.8 Å². The first-order valence-electron chi connectivity index (χ1n) is 10.2. The number of halogens is 1. The Morgan fingerprint density at radius 1 is 1.19 bits per heavy atom. The number of pyridine rings is 1. The Balaban J connectivity index is 1.69. The zero-order valence-electron chi connectivity index (χ0n) is 17.4. The fraction of sp³-hybridized carbons (Fsp3) is 0.217. The Morgan fingerprint density at radius 3 is 2.72 bits per heavy atom. The molecule has 0 radical (unpaired) electrons. The molecule has 1 N–H and O–H groups in total. The molecule has 2 aromatic heterocycles. The molecule has 9 heteroatoms. The van der Waals surface area contributed by atoms with Gasteiger partial charge in [-0.05, 0) is 42.3 Å². The fourth-order valence-electron chi connectivity index (χ4n) is 3.29. The minimum absolute atomic E-state index is 0.235. The summed E-state index contributed by atoms with van der Waals surface area (Å²) < 4.78 is 15.0. The number of benzene rings is 1. The molecule has 0 atom stereocenters. The van der Waals surface area contributed by atoms with Crippen LogP contribution in [0.25, 0.3) is 11.7 Å². The standard InChI is InChI=1S/C23H21FN4O2S2/c1-2-3-11-25-20-17(21(29)27-12-5-4-6-19(27)26-20)13-18-22(30)28(23(31)32-18)14-15-7-9-16(24)10-8-15/h4-10,12-13,25H,2-3,11,14H2,1H3. The van der Waals surface area contributed by atoms with Crippen molar-refractivity contribution in [2.45, 2.75) is 26.3 Å². The number of hydrogen-bond donors (Lipinski definition) is 1. The van der Waals surface area contributed by atoms with Crippen LogP contribution in [-0.4, -0.2) is 31.1 Å². The van der Waals surface area contributed by atoms with Gasteiger partial charge in [-0.25, -0.2) is 9.37 Å². The Labute approximate surface area is 194 Å². The normalized spacial score (nSPS) is 15.2. The van der Waals surface area contributed by atoms with Crippen molar-refractivity contribution in [2.75, 3.05) is 11.9 Å². The molecule has 3 aromatic rings. The van der Waals surface area contributed by atoms with Crippen LogP contribution in [0.1, 0.15) is 30.9 Å². The predicted molar refractivity (Wildman–Crippen MR) is 130 cm³/mol. The molecular weight excluding hydrogens is 447 g/mol. The second kappa shape index (κ2) is 9.62. The van der Waals surface area contributed by atoms with E-state index in [1.165, 1.54) is 21.4 Å². The number of carbonyl (C=O) groups is 1. The van der Waals surface area contributed by atoms with Gasteiger partial charge >= 0.3 is 0 Å². The average Bonchev–Trinajstić information content (AvgIpc) is 3.05. The second-order valence-electron chi connectivity index (χ2n) is 7.28. The highest BCUT2D eigenvalue weighted by molar-refractivity contribution is 8.26. The van der Waals surface area contributed by atoms with Crippen LogP contribution in [0.2, 0.25) is 0 Å². The molecule has 0 spiro atoms. The molecule has 0 saturated carbocycles. The maximum atomic E-state index is 13.2. The Bertz CT molecular complexity index is 1270. The van der Waals surface area contributed by atoms with E-state index in [-0.39, 0.29) is 23.8 Å². The number of nitrogens with one attached hydrogen (secondary N) is 1. The lowest BCUT2D eigenvalue weighted by molar-refractivity contribution is -0.122. The summed E-state index contributed by atoms with van der Waals surface area (Å²) in [5, 5.41) is 3.23. The number of unbranched alkanes of at least 4 members (excludes halogenated alkanes) is 1. The fourth-order valence-corrected chi connectivity index (χ4v) is 4.53. The first kappa shape index (κ1) is 22.2. The zero-order valence-corrected chi connectivity index (χ0v) is 19.0. The van der Waals surface area contributed by atoms with Crippen molar-refractivity contribution in [3.05, 3.63) is 80.9 Å². The quantitative estimate of drug-likeness (QED) is 0.314. The second-order valence-corrected chi connectivity index (χ2v) is 8.96. The van der Waals surface area contributed by atoms with Gasteiger partial charge in [0, 0.05) is 12.7 Å². The van der Waals surface area contributed by atoms with E-state index >= 15 is 0 Å². The van der Waals surface area contributed by atoms with Crippen LogP contribution in [0.4, 0.5) is 10.2 Å². The molecule has 32 heavy (non-hydrogen) atoms. The van der Waals surface area contributed by atoms with E-state index in [4.69, 9.17) is 12.2 Å². The van der Waals surface area contributed by atoms with Crippen molar-refractivity contribution >= 4 is 51.7 Å². The number of nitrogens with zero attached hydrogens (tertiary/aromatic N) is 3. The van der Waals surface area contributed by atoms with Crippen molar-refractivity contribution in [1.82, 2.24) is 14.3 Å². The number of carbonyl (C=O) groups excluding carboxylic acids is 1. The van der Waals surface area contributed by atoms with Crippen molar-refractivity contribution < 1.29 is 9.18 Å². The number of amides is 1. The molecule has 1 aromatic carbocycles. The van der Waals surface area contributed by atoms with Gasteiger partial charge in [0.2, 0.25) is 0 Å². The molecule has 1 aliphatic rings. The molecule has 1 amide bonds. The van der Waals surface area contributed by atoms with Gasteiger partial charge in [0.1, 0.15) is 21.6 Å². The van der Waals surface area contributed by atoms with Gasteiger partial charge in [0.15, 0.2) is 0 Å². The molecule has 0 aliphatic carbocycles. The number of thioether (sulfide) groups is 1. The predicted octanol–water partition coefficient (Wildman–Crippen LogP) is 4.45. The van der Waals surface area contributed by atoms with Crippen molar-refractivity contribution in [3.63, 3.8) is 0 Å². The molecule has 3 heterocycles. The zero-order chi connectivity index (χ0) is 22.7. The number of anilines is 1. The number of thiocarbonyl (C=S) groups is 1. The minimum atomic E-state index is -0.341. The molecule has 1 fully saturated rings. The Morgan fingerprint density at radius 2 is 1.97 bits per heavy atom. The topological polar surface area (TPSA) is 66.7 Å². The monoisotopic (exact) mass is 468 g/mol. The van der Waals surface area contributed by atoms with E-state index in [0.717, 1.165) is 30.2 Å². The third kappa shape index (κ3) is 4.58. The van der Waals surface area contributed by atoms with Crippen LogP contribution in [0.15, 0.2) is 58.4 Å². The summed E-state index contributed by atoms with van der Waals surface area (Å²) in [4.78, 5) is 32.7. The Kier molecular flexibility index (Phi) is 6.66. The molecule has 4 rings (SSSR count). The maximum Gasteiger partial charge on any atom is 0.267 e.